The minimum Gasteiger partial charge on any atom is -0.456 e. The highest BCUT2D eigenvalue weighted by atomic mass is 16.3. The van der Waals surface area contributed by atoms with E-state index in [0.29, 0.717) is 0 Å². The SMILES string of the molecule is c1ccc(-c2cccc(N(c3ccc(-c4ccc5c(ccc6cc(-c7cccc(-c8cccc(N(c9ccc(-c%10ccc%11c(ccc%12ccc%13ccccc%13c%12%11)c%10)cc9)c9cccc%10c9ccc9oc%11ccccc%11c9%10)c8)c7)c7ccccc7c65)c4)cc3)c3ccc4cc5c(cc4c3)oc3ccccc35)c2)cc1. The summed E-state index contributed by atoms with van der Waals surface area (Å²) in [6.07, 6.45) is 0. The number of hydrogen-bond donors (Lipinski definition) is 0. The van der Waals surface area contributed by atoms with Crippen molar-refractivity contribution in [1.29, 1.82) is 0 Å². The summed E-state index contributed by atoms with van der Waals surface area (Å²) >= 11 is 0. The summed E-state index contributed by atoms with van der Waals surface area (Å²) in [6.45, 7) is 0. The Morgan fingerprint density at radius 1 is 0.157 bits per heavy atom. The number of fused-ring (bicyclic) bond motifs is 19. The quantitative estimate of drug-likeness (QED) is 0.121. The van der Waals surface area contributed by atoms with Gasteiger partial charge in [0.25, 0.3) is 0 Å². The smallest absolute Gasteiger partial charge is 0.136 e. The van der Waals surface area contributed by atoms with Crippen LogP contribution in [0, 0.1) is 0 Å². The van der Waals surface area contributed by atoms with Crippen LogP contribution >= 0.6 is 0 Å². The van der Waals surface area contributed by atoms with E-state index < -0.39 is 0 Å². The van der Waals surface area contributed by atoms with Crippen molar-refractivity contribution in [1.82, 2.24) is 0 Å². The van der Waals surface area contributed by atoms with Gasteiger partial charge in [0.2, 0.25) is 0 Å². The van der Waals surface area contributed by atoms with Gasteiger partial charge in [-0.2, -0.15) is 0 Å². The lowest BCUT2D eigenvalue weighted by Gasteiger charge is -2.27. The van der Waals surface area contributed by atoms with Gasteiger partial charge in [-0.05, 0) is 264 Å². The van der Waals surface area contributed by atoms with E-state index in [1.54, 1.807) is 0 Å². The number of furan rings is 2. The maximum absolute atomic E-state index is 6.48. The topological polar surface area (TPSA) is 32.8 Å². The maximum Gasteiger partial charge on any atom is 0.136 e. The first kappa shape index (κ1) is 61.2. The summed E-state index contributed by atoms with van der Waals surface area (Å²) in [5.74, 6) is 0. The summed E-state index contributed by atoms with van der Waals surface area (Å²) in [4.78, 5) is 4.80. The molecule has 0 aliphatic rings. The summed E-state index contributed by atoms with van der Waals surface area (Å²) in [7, 11) is 0. The van der Waals surface area contributed by atoms with Gasteiger partial charge in [0.15, 0.2) is 0 Å². The molecule has 0 fully saturated rings. The molecule has 2 heterocycles. The molecule has 0 N–H and O–H groups in total. The number of benzene rings is 20. The molecule has 108 heavy (non-hydrogen) atoms. The molecule has 0 saturated heterocycles. The van der Waals surface area contributed by atoms with Gasteiger partial charge in [0, 0.05) is 55.4 Å². The van der Waals surface area contributed by atoms with E-state index in [2.05, 4.69) is 380 Å². The summed E-state index contributed by atoms with van der Waals surface area (Å²) in [5.41, 5.74) is 21.6. The van der Waals surface area contributed by atoms with Gasteiger partial charge in [-0.3, -0.25) is 0 Å². The van der Waals surface area contributed by atoms with E-state index in [9.17, 15) is 0 Å². The fourth-order valence-corrected chi connectivity index (χ4v) is 17.4. The highest BCUT2D eigenvalue weighted by molar-refractivity contribution is 6.25. The predicted octanol–water partition coefficient (Wildman–Crippen LogP) is 30.0. The van der Waals surface area contributed by atoms with Gasteiger partial charge in [0.05, 0.1) is 5.69 Å². The lowest BCUT2D eigenvalue weighted by atomic mass is 9.89. The minimum absolute atomic E-state index is 0.880. The molecule has 0 aliphatic heterocycles. The first-order valence-corrected chi connectivity index (χ1v) is 37.1. The lowest BCUT2D eigenvalue weighted by molar-refractivity contribution is 0.669. The van der Waals surface area contributed by atoms with Crippen LogP contribution in [0.1, 0.15) is 0 Å². The molecule has 22 rings (SSSR count). The van der Waals surface area contributed by atoms with Gasteiger partial charge >= 0.3 is 0 Å². The van der Waals surface area contributed by atoms with Crippen LogP contribution in [0.25, 0.3) is 186 Å². The molecular weight excluding hydrogens is 1310 g/mol. The molecule has 0 aliphatic carbocycles. The monoisotopic (exact) mass is 1370 g/mol. The number of hydrogen-bond acceptors (Lipinski definition) is 4. The Morgan fingerprint density at radius 3 is 1.35 bits per heavy atom. The van der Waals surface area contributed by atoms with E-state index >= 15 is 0 Å². The zero-order valence-electron chi connectivity index (χ0n) is 58.7. The molecule has 0 amide bonds. The Kier molecular flexibility index (Phi) is 14.0. The van der Waals surface area contributed by atoms with Crippen molar-refractivity contribution in [2.24, 2.45) is 0 Å². The molecule has 22 aromatic rings. The van der Waals surface area contributed by atoms with Crippen molar-refractivity contribution in [3.8, 4) is 55.6 Å². The van der Waals surface area contributed by atoms with Crippen molar-refractivity contribution in [2.45, 2.75) is 0 Å². The number of nitrogens with zero attached hydrogens (tertiary/aromatic N) is 2. The summed E-state index contributed by atoms with van der Waals surface area (Å²) in [6, 6.07) is 142. The Morgan fingerprint density at radius 2 is 0.611 bits per heavy atom. The molecule has 0 saturated carbocycles. The Hall–Kier alpha value is -14.3. The molecule has 502 valence electrons. The second kappa shape index (κ2) is 24.7. The third-order valence-electron chi connectivity index (χ3n) is 22.5. The van der Waals surface area contributed by atoms with Crippen LogP contribution in [0.3, 0.4) is 0 Å². The average Bonchev–Trinajstić information content (AvgIpc) is 1.05. The second-order valence-corrected chi connectivity index (χ2v) is 28.7. The second-order valence-electron chi connectivity index (χ2n) is 28.7. The van der Waals surface area contributed by atoms with Crippen LogP contribution in [0.15, 0.2) is 397 Å². The molecule has 0 spiro atoms. The van der Waals surface area contributed by atoms with Crippen molar-refractivity contribution in [3.63, 3.8) is 0 Å². The number of para-hydroxylation sites is 2. The van der Waals surface area contributed by atoms with Crippen LogP contribution in [-0.2, 0) is 0 Å². The molecular formula is C104H64N2O2. The molecule has 0 radical (unpaired) electrons. The standard InChI is InChI=1S/C104H64N2O2/c1-2-16-65(17-3-1)71-20-13-23-83(59-71)105(85-51-44-75-62-96-91-27-8-10-32-98(91)108-101(96)64-80(75)61-85)81-47-40-66(41-48-81)74-46-53-88-78(58-74)38-39-79-63-95(89-26-6-7-28-92(89)103(79)88)76-22-12-19-70(56-76)72-21-14-24-84(60-72)106(97-31-15-30-93-90(97)54-55-100-104(93)94-29-9-11-33-99(94)107-100)82-49-42-67(43-50-82)73-45-52-87-77(57-73)37-36-69-35-34-68-18-4-5-25-86(68)102(69)87/h1-64H. The highest BCUT2D eigenvalue weighted by Crippen LogP contribution is 2.48. The molecule has 2 aromatic heterocycles. The minimum atomic E-state index is 0.880. The van der Waals surface area contributed by atoms with Crippen molar-refractivity contribution >= 4 is 164 Å². The van der Waals surface area contributed by atoms with E-state index in [4.69, 9.17) is 8.83 Å². The van der Waals surface area contributed by atoms with Crippen LogP contribution in [0.4, 0.5) is 34.1 Å². The maximum atomic E-state index is 6.48. The Labute approximate surface area is 622 Å². The van der Waals surface area contributed by atoms with E-state index in [-0.39, 0.29) is 0 Å². The van der Waals surface area contributed by atoms with Gasteiger partial charge in [0.1, 0.15) is 22.3 Å². The zero-order valence-corrected chi connectivity index (χ0v) is 58.7. The normalized spacial score (nSPS) is 11.9. The fourth-order valence-electron chi connectivity index (χ4n) is 17.4. The Balaban J connectivity index is 0.603. The third kappa shape index (κ3) is 10.1. The van der Waals surface area contributed by atoms with Gasteiger partial charge < -0.3 is 18.6 Å². The van der Waals surface area contributed by atoms with E-state index in [0.717, 1.165) is 133 Å². The van der Waals surface area contributed by atoms with Gasteiger partial charge in [-0.1, -0.05) is 261 Å². The van der Waals surface area contributed by atoms with Gasteiger partial charge in [-0.15, -0.1) is 0 Å². The molecule has 0 unspecified atom stereocenters. The molecule has 4 nitrogen and oxygen atoms in total. The van der Waals surface area contributed by atoms with E-state index in [1.807, 2.05) is 18.2 Å². The molecule has 0 bridgehead atoms. The van der Waals surface area contributed by atoms with Crippen LogP contribution < -0.4 is 9.80 Å². The number of rotatable bonds is 11. The first-order valence-electron chi connectivity index (χ1n) is 37.1. The zero-order chi connectivity index (χ0) is 70.9. The average molecular weight is 1370 g/mol. The van der Waals surface area contributed by atoms with Crippen LogP contribution in [0.5, 0.6) is 0 Å². The van der Waals surface area contributed by atoms with Crippen LogP contribution in [-0.4, -0.2) is 0 Å². The van der Waals surface area contributed by atoms with Crippen LogP contribution in [0.2, 0.25) is 0 Å². The summed E-state index contributed by atoms with van der Waals surface area (Å²) in [5, 5.41) is 24.0. The van der Waals surface area contributed by atoms with Gasteiger partial charge in [-0.25, -0.2) is 0 Å². The van der Waals surface area contributed by atoms with Crippen molar-refractivity contribution in [3.05, 3.63) is 388 Å². The predicted molar refractivity (Wildman–Crippen MR) is 458 cm³/mol. The molecule has 0 atom stereocenters. The molecule has 4 heteroatoms. The first-order chi connectivity index (χ1) is 53.5. The molecule has 20 aromatic carbocycles. The number of anilines is 6. The largest absolute Gasteiger partial charge is 0.456 e. The van der Waals surface area contributed by atoms with Crippen molar-refractivity contribution in [2.75, 3.05) is 9.80 Å². The fraction of sp³-hybridized carbons (Fsp3) is 0. The van der Waals surface area contributed by atoms with Crippen molar-refractivity contribution < 1.29 is 8.83 Å². The summed E-state index contributed by atoms with van der Waals surface area (Å²) < 4.78 is 12.9. The Bertz CT molecular complexity index is 7430. The third-order valence-corrected chi connectivity index (χ3v) is 22.5. The van der Waals surface area contributed by atoms with E-state index in [1.165, 1.54) is 86.7 Å². The highest BCUT2D eigenvalue weighted by Gasteiger charge is 2.23. The lowest BCUT2D eigenvalue weighted by Crippen LogP contribution is -2.10.